The van der Waals surface area contributed by atoms with Crippen molar-refractivity contribution >= 4 is 41.5 Å². The van der Waals surface area contributed by atoms with E-state index in [-0.39, 0.29) is 17.6 Å². The van der Waals surface area contributed by atoms with Gasteiger partial charge in [0.25, 0.3) is 5.91 Å². The van der Waals surface area contributed by atoms with Gasteiger partial charge in [-0.2, -0.15) is 9.61 Å². The molecule has 0 aliphatic heterocycles. The lowest BCUT2D eigenvalue weighted by molar-refractivity contribution is 0.0949. The zero-order valence-electron chi connectivity index (χ0n) is 17.7. The van der Waals surface area contributed by atoms with Crippen LogP contribution in [0, 0.1) is 0 Å². The van der Waals surface area contributed by atoms with Crippen LogP contribution < -0.4 is 16.0 Å². The Kier molecular flexibility index (Phi) is 6.79. The molecule has 1 aliphatic rings. The molecule has 0 aromatic carbocycles. The molecular formula is C20H25ClFN7O2. The molecule has 2 atom stereocenters. The molecule has 1 fully saturated rings. The quantitative estimate of drug-likeness (QED) is 0.307. The van der Waals surface area contributed by atoms with Gasteiger partial charge in [-0.15, -0.1) is 0 Å². The lowest BCUT2D eigenvalue weighted by Crippen LogP contribution is -2.27. The predicted molar refractivity (Wildman–Crippen MR) is 119 cm³/mol. The van der Waals surface area contributed by atoms with Crippen LogP contribution in [0.25, 0.3) is 5.65 Å². The Hall–Kier alpha value is -3.14. The molecule has 2 aromatic rings. The van der Waals surface area contributed by atoms with Crippen LogP contribution >= 0.6 is 11.6 Å². The maximum atomic E-state index is 13.2. The van der Waals surface area contributed by atoms with Gasteiger partial charge < -0.3 is 20.7 Å². The Morgan fingerprint density at radius 1 is 1.52 bits per heavy atom. The number of hydrogen-bond donors (Lipinski definition) is 3. The molecule has 0 bridgehead atoms. The van der Waals surface area contributed by atoms with Gasteiger partial charge in [0.1, 0.15) is 29.1 Å². The molecule has 11 heteroatoms. The minimum atomic E-state index is -1.01. The number of carbonyl (C=O) groups excluding carboxylic acids is 1. The molecule has 0 saturated heterocycles. The van der Waals surface area contributed by atoms with Gasteiger partial charge in [0.2, 0.25) is 5.88 Å². The summed E-state index contributed by atoms with van der Waals surface area (Å²) in [6.07, 6.45) is 2.20. The van der Waals surface area contributed by atoms with Crippen LogP contribution in [0.5, 0.6) is 0 Å². The molecule has 2 aromatic heterocycles. The summed E-state index contributed by atoms with van der Waals surface area (Å²) in [6.45, 7) is 9.00. The van der Waals surface area contributed by atoms with Gasteiger partial charge >= 0.3 is 0 Å². The van der Waals surface area contributed by atoms with E-state index in [9.17, 15) is 9.18 Å². The van der Waals surface area contributed by atoms with Crippen molar-refractivity contribution in [3.05, 3.63) is 40.5 Å². The number of aliphatic imine (C=N–C) groups is 1. The highest BCUT2D eigenvalue weighted by Crippen LogP contribution is 2.26. The first-order valence-corrected chi connectivity index (χ1v) is 10.1. The predicted octanol–water partition coefficient (Wildman–Crippen LogP) is 3.46. The van der Waals surface area contributed by atoms with Crippen molar-refractivity contribution in [2.75, 3.05) is 17.7 Å². The summed E-state index contributed by atoms with van der Waals surface area (Å²) < 4.78 is 20.4. The second kappa shape index (κ2) is 9.34. The smallest absolute Gasteiger partial charge is 0.257 e. The summed E-state index contributed by atoms with van der Waals surface area (Å²) in [5, 5.41) is 13.5. The largest absolute Gasteiger partial charge is 0.473 e. The van der Waals surface area contributed by atoms with E-state index in [1.54, 1.807) is 26.1 Å². The maximum Gasteiger partial charge on any atom is 0.257 e. The van der Waals surface area contributed by atoms with E-state index in [4.69, 9.17) is 16.3 Å². The molecule has 0 unspecified atom stereocenters. The number of allylic oxidation sites excluding steroid dienone is 2. The molecule has 3 N–H and O–H groups in total. The zero-order valence-corrected chi connectivity index (χ0v) is 18.5. The minimum Gasteiger partial charge on any atom is -0.473 e. The number of anilines is 2. The average molecular weight is 450 g/mol. The van der Waals surface area contributed by atoms with Crippen LogP contribution in [0.4, 0.5) is 16.0 Å². The molecule has 1 aliphatic carbocycles. The van der Waals surface area contributed by atoms with E-state index in [0.29, 0.717) is 34.4 Å². The number of nitrogens with one attached hydrogen (secondary N) is 3. The Bertz CT molecular complexity index is 1060. The maximum absolute atomic E-state index is 13.2. The number of ether oxygens (including phenoxy) is 1. The van der Waals surface area contributed by atoms with E-state index in [2.05, 4.69) is 37.7 Å². The van der Waals surface area contributed by atoms with Crippen molar-refractivity contribution in [1.82, 2.24) is 19.9 Å². The van der Waals surface area contributed by atoms with E-state index in [1.807, 2.05) is 13.8 Å². The highest BCUT2D eigenvalue weighted by molar-refractivity contribution is 6.29. The van der Waals surface area contributed by atoms with Crippen LogP contribution in [0.15, 0.2) is 39.9 Å². The second-order valence-electron chi connectivity index (χ2n) is 7.30. The Morgan fingerprint density at radius 2 is 2.23 bits per heavy atom. The molecule has 0 spiro atoms. The highest BCUT2D eigenvalue weighted by atomic mass is 35.5. The third kappa shape index (κ3) is 5.32. The fourth-order valence-corrected chi connectivity index (χ4v) is 2.93. The molecule has 9 nitrogen and oxygen atoms in total. The summed E-state index contributed by atoms with van der Waals surface area (Å²) in [6, 6.07) is 1.24. The van der Waals surface area contributed by atoms with Gasteiger partial charge in [-0.3, -0.25) is 4.79 Å². The normalized spacial score (nSPS) is 19.1. The number of rotatable bonds is 9. The van der Waals surface area contributed by atoms with Crippen molar-refractivity contribution in [3.8, 4) is 0 Å². The van der Waals surface area contributed by atoms with Crippen LogP contribution in [0.3, 0.4) is 0 Å². The van der Waals surface area contributed by atoms with E-state index < -0.39 is 18.1 Å². The lowest BCUT2D eigenvalue weighted by Gasteiger charge is -2.15. The molecule has 2 heterocycles. The van der Waals surface area contributed by atoms with Gasteiger partial charge in [-0.25, -0.2) is 14.4 Å². The first kappa shape index (κ1) is 22.5. The van der Waals surface area contributed by atoms with Crippen LogP contribution in [0.1, 0.15) is 37.6 Å². The first-order chi connectivity index (χ1) is 14.7. The Labute approximate surface area is 184 Å². The Morgan fingerprint density at radius 3 is 2.77 bits per heavy atom. The van der Waals surface area contributed by atoms with Crippen molar-refractivity contribution in [2.45, 2.75) is 45.5 Å². The van der Waals surface area contributed by atoms with Crippen LogP contribution in [-0.4, -0.2) is 52.6 Å². The third-order valence-corrected chi connectivity index (χ3v) is 4.44. The van der Waals surface area contributed by atoms with Crippen LogP contribution in [-0.2, 0) is 4.74 Å². The van der Waals surface area contributed by atoms with Gasteiger partial charge in [0.15, 0.2) is 5.65 Å². The monoisotopic (exact) mass is 449 g/mol. The van der Waals surface area contributed by atoms with E-state index >= 15 is 0 Å². The van der Waals surface area contributed by atoms with Crippen molar-refractivity contribution in [1.29, 1.82) is 0 Å². The SMILES string of the molecule is C=N/C(OC(C)C)=C(\C=C(/C)Cl)Nc1cc(NC)n2ncc(C(=O)N[C@H]3C[C@H]3F)c2n1. The summed E-state index contributed by atoms with van der Waals surface area (Å²) in [7, 11) is 1.72. The van der Waals surface area contributed by atoms with Gasteiger partial charge in [-0.05, 0) is 33.6 Å². The molecule has 31 heavy (non-hydrogen) atoms. The molecular weight excluding hydrogens is 425 g/mol. The van der Waals surface area contributed by atoms with Crippen molar-refractivity contribution in [2.24, 2.45) is 4.99 Å². The summed E-state index contributed by atoms with van der Waals surface area (Å²) >= 11 is 6.08. The van der Waals surface area contributed by atoms with E-state index in [0.717, 1.165) is 0 Å². The van der Waals surface area contributed by atoms with Crippen molar-refractivity contribution < 1.29 is 13.9 Å². The summed E-state index contributed by atoms with van der Waals surface area (Å²) in [4.78, 5) is 21.1. The summed E-state index contributed by atoms with van der Waals surface area (Å²) in [5.41, 5.74) is 0.972. The average Bonchev–Trinajstić information content (AvgIpc) is 3.22. The fraction of sp³-hybridized carbons (Fsp3) is 0.400. The van der Waals surface area contributed by atoms with Crippen LogP contribution in [0.2, 0.25) is 0 Å². The standard InChI is InChI=1S/C20H25ClFN7O2/c1-10(2)31-20(24-5)15(6-11(3)21)26-16-8-17(23-4)29-18(28-16)12(9-25-29)19(30)27-14-7-13(14)22/h6,8-10,13-14,23H,5,7H2,1-4H3,(H,26,28)(H,27,30)/b11-6+,20-15-/t13-,14+/m1/s1. The minimum absolute atomic E-state index is 0.142. The molecule has 0 radical (unpaired) electrons. The molecule has 1 amide bonds. The number of nitrogens with zero attached hydrogens (tertiary/aromatic N) is 4. The number of aromatic nitrogens is 3. The van der Waals surface area contributed by atoms with E-state index in [1.165, 1.54) is 10.7 Å². The number of hydrogen-bond acceptors (Lipinski definition) is 7. The van der Waals surface area contributed by atoms with Gasteiger partial charge in [0.05, 0.1) is 18.3 Å². The second-order valence-corrected chi connectivity index (χ2v) is 7.90. The number of alkyl halides is 1. The number of carbonyl (C=O) groups is 1. The lowest BCUT2D eigenvalue weighted by atomic mass is 10.3. The summed E-state index contributed by atoms with van der Waals surface area (Å²) in [5.74, 6) is 0.775. The first-order valence-electron chi connectivity index (χ1n) is 9.73. The number of halogens is 2. The Balaban J connectivity index is 2.03. The van der Waals surface area contributed by atoms with Gasteiger partial charge in [0, 0.05) is 24.6 Å². The molecule has 3 rings (SSSR count). The fourth-order valence-electron chi connectivity index (χ4n) is 2.82. The van der Waals surface area contributed by atoms with Gasteiger partial charge in [-0.1, -0.05) is 11.6 Å². The zero-order chi connectivity index (χ0) is 22.7. The van der Waals surface area contributed by atoms with Crippen molar-refractivity contribution in [3.63, 3.8) is 0 Å². The number of fused-ring (bicyclic) bond motifs is 1. The topological polar surface area (TPSA) is 105 Å². The highest BCUT2D eigenvalue weighted by Gasteiger charge is 2.39. The number of amides is 1. The molecule has 166 valence electrons. The third-order valence-electron chi connectivity index (χ3n) is 4.33. The molecule has 1 saturated carbocycles.